The van der Waals surface area contributed by atoms with E-state index in [-0.39, 0.29) is 0 Å². The lowest BCUT2D eigenvalue weighted by Crippen LogP contribution is -2.29. The standard InChI is InChI=1S/C13H19N7O/c1-19-13-10(8-16-19)12(15)17-11(18-13)9-20(5-3-4-14)6-7-21-2/h8H,3,5-7,9H2,1-2H3,(H2,15,17,18). The monoisotopic (exact) mass is 289 g/mol. The number of rotatable bonds is 7. The van der Waals surface area contributed by atoms with Gasteiger partial charge in [0, 0.05) is 33.7 Å². The van der Waals surface area contributed by atoms with Crippen LogP contribution in [0.15, 0.2) is 6.20 Å². The first-order chi connectivity index (χ1) is 10.2. The maximum atomic E-state index is 8.73. The number of nitrogen functional groups attached to an aromatic ring is 1. The topological polar surface area (TPSA) is 106 Å². The minimum Gasteiger partial charge on any atom is -0.383 e. The molecule has 112 valence electrons. The van der Waals surface area contributed by atoms with Gasteiger partial charge in [0.1, 0.15) is 11.6 Å². The quantitative estimate of drug-likeness (QED) is 0.781. The third-order valence-electron chi connectivity index (χ3n) is 3.18. The number of nitrogens with zero attached hydrogens (tertiary/aromatic N) is 6. The first-order valence-corrected chi connectivity index (χ1v) is 6.68. The van der Waals surface area contributed by atoms with Gasteiger partial charge in [-0.1, -0.05) is 0 Å². The molecule has 0 bridgehead atoms. The van der Waals surface area contributed by atoms with E-state index in [1.165, 1.54) is 0 Å². The molecule has 8 heteroatoms. The van der Waals surface area contributed by atoms with Gasteiger partial charge >= 0.3 is 0 Å². The number of hydrogen-bond acceptors (Lipinski definition) is 7. The number of nitriles is 1. The third-order valence-corrected chi connectivity index (χ3v) is 3.18. The number of nitrogens with two attached hydrogens (primary N) is 1. The van der Waals surface area contributed by atoms with Crippen LogP contribution in [0.1, 0.15) is 12.2 Å². The molecule has 0 aromatic carbocycles. The Balaban J connectivity index is 2.19. The van der Waals surface area contributed by atoms with Crippen molar-refractivity contribution < 1.29 is 4.74 Å². The van der Waals surface area contributed by atoms with E-state index in [9.17, 15) is 0 Å². The van der Waals surface area contributed by atoms with Gasteiger partial charge in [0.2, 0.25) is 0 Å². The fraction of sp³-hybridized carbons (Fsp3) is 0.538. The van der Waals surface area contributed by atoms with Crippen LogP contribution >= 0.6 is 0 Å². The van der Waals surface area contributed by atoms with Crippen LogP contribution in [0.5, 0.6) is 0 Å². The van der Waals surface area contributed by atoms with Crippen LogP contribution in [-0.2, 0) is 18.3 Å². The van der Waals surface area contributed by atoms with Gasteiger partial charge in [0.05, 0.1) is 30.8 Å². The second-order valence-electron chi connectivity index (χ2n) is 4.71. The Kier molecular flexibility index (Phi) is 5.03. The largest absolute Gasteiger partial charge is 0.383 e. The van der Waals surface area contributed by atoms with Crippen LogP contribution in [0.2, 0.25) is 0 Å². The number of aromatic nitrogens is 4. The van der Waals surface area contributed by atoms with Crippen LogP contribution in [0, 0.1) is 11.3 Å². The molecular weight excluding hydrogens is 270 g/mol. The zero-order valence-corrected chi connectivity index (χ0v) is 12.3. The van der Waals surface area contributed by atoms with E-state index in [1.807, 2.05) is 7.05 Å². The Morgan fingerprint density at radius 2 is 2.24 bits per heavy atom. The molecule has 2 rings (SSSR count). The van der Waals surface area contributed by atoms with Crippen LogP contribution in [0.4, 0.5) is 5.82 Å². The molecule has 0 unspecified atom stereocenters. The van der Waals surface area contributed by atoms with E-state index >= 15 is 0 Å². The van der Waals surface area contributed by atoms with Crippen molar-refractivity contribution in [2.75, 3.05) is 32.5 Å². The summed E-state index contributed by atoms with van der Waals surface area (Å²) in [6.07, 6.45) is 2.11. The third kappa shape index (κ3) is 3.65. The fourth-order valence-electron chi connectivity index (χ4n) is 2.06. The average Bonchev–Trinajstić information content (AvgIpc) is 2.84. The fourth-order valence-corrected chi connectivity index (χ4v) is 2.06. The minimum atomic E-state index is 0.426. The lowest BCUT2D eigenvalue weighted by molar-refractivity contribution is 0.144. The Bertz CT molecular complexity index is 646. The zero-order valence-electron chi connectivity index (χ0n) is 12.3. The molecule has 0 amide bonds. The van der Waals surface area contributed by atoms with Gasteiger partial charge in [0.15, 0.2) is 5.65 Å². The summed E-state index contributed by atoms with van der Waals surface area (Å²) < 4.78 is 6.76. The number of fused-ring (bicyclic) bond motifs is 1. The summed E-state index contributed by atoms with van der Waals surface area (Å²) in [4.78, 5) is 10.9. The number of ether oxygens (including phenoxy) is 1. The molecule has 2 aromatic rings. The molecule has 0 aliphatic carbocycles. The molecule has 2 heterocycles. The van der Waals surface area contributed by atoms with Crippen molar-refractivity contribution in [1.82, 2.24) is 24.6 Å². The van der Waals surface area contributed by atoms with E-state index in [1.54, 1.807) is 18.0 Å². The smallest absolute Gasteiger partial charge is 0.163 e. The SMILES string of the molecule is COCCN(CCC#N)Cc1nc(N)c2cnn(C)c2n1. The van der Waals surface area contributed by atoms with Gasteiger partial charge in [-0.2, -0.15) is 10.4 Å². The van der Waals surface area contributed by atoms with Crippen LogP contribution in [0.25, 0.3) is 11.0 Å². The number of aryl methyl sites for hydroxylation is 1. The molecule has 0 saturated carbocycles. The van der Waals surface area contributed by atoms with Gasteiger partial charge in [-0.3, -0.25) is 9.58 Å². The Morgan fingerprint density at radius 1 is 1.43 bits per heavy atom. The van der Waals surface area contributed by atoms with Crippen molar-refractivity contribution >= 4 is 16.9 Å². The van der Waals surface area contributed by atoms with Crippen molar-refractivity contribution in [1.29, 1.82) is 5.26 Å². The van der Waals surface area contributed by atoms with Gasteiger partial charge < -0.3 is 10.5 Å². The summed E-state index contributed by atoms with van der Waals surface area (Å²) in [7, 11) is 3.47. The van der Waals surface area contributed by atoms with Crippen molar-refractivity contribution in [3.8, 4) is 6.07 Å². The highest BCUT2D eigenvalue weighted by molar-refractivity contribution is 5.84. The van der Waals surface area contributed by atoms with E-state index in [4.69, 9.17) is 15.7 Å². The van der Waals surface area contributed by atoms with Crippen molar-refractivity contribution in [3.63, 3.8) is 0 Å². The minimum absolute atomic E-state index is 0.426. The molecule has 0 aliphatic rings. The molecule has 21 heavy (non-hydrogen) atoms. The summed E-state index contributed by atoms with van der Waals surface area (Å²) in [5.41, 5.74) is 6.66. The molecule has 8 nitrogen and oxygen atoms in total. The van der Waals surface area contributed by atoms with Gasteiger partial charge in [-0.25, -0.2) is 9.97 Å². The number of methoxy groups -OCH3 is 1. The maximum Gasteiger partial charge on any atom is 0.163 e. The van der Waals surface area contributed by atoms with Crippen LogP contribution in [0.3, 0.4) is 0 Å². The predicted molar refractivity (Wildman–Crippen MR) is 78.1 cm³/mol. The van der Waals surface area contributed by atoms with E-state index < -0.39 is 0 Å². The lowest BCUT2D eigenvalue weighted by Gasteiger charge is -2.19. The number of anilines is 1. The summed E-state index contributed by atoms with van der Waals surface area (Å²) in [5.74, 6) is 1.05. The molecule has 0 fully saturated rings. The Labute approximate surface area is 123 Å². The zero-order chi connectivity index (χ0) is 15.2. The van der Waals surface area contributed by atoms with E-state index in [0.29, 0.717) is 50.0 Å². The molecule has 0 aliphatic heterocycles. The van der Waals surface area contributed by atoms with Crippen LogP contribution < -0.4 is 5.73 Å². The molecule has 0 spiro atoms. The van der Waals surface area contributed by atoms with Crippen LogP contribution in [-0.4, -0.2) is 51.5 Å². The second kappa shape index (κ2) is 6.97. The lowest BCUT2D eigenvalue weighted by atomic mass is 10.3. The number of hydrogen-bond donors (Lipinski definition) is 1. The Morgan fingerprint density at radius 3 is 2.95 bits per heavy atom. The van der Waals surface area contributed by atoms with Crippen molar-refractivity contribution in [3.05, 3.63) is 12.0 Å². The molecule has 0 atom stereocenters. The van der Waals surface area contributed by atoms with Crippen molar-refractivity contribution in [2.45, 2.75) is 13.0 Å². The molecule has 0 saturated heterocycles. The predicted octanol–water partition coefficient (Wildman–Crippen LogP) is 0.308. The highest BCUT2D eigenvalue weighted by Gasteiger charge is 2.12. The van der Waals surface area contributed by atoms with Gasteiger partial charge in [0.25, 0.3) is 0 Å². The average molecular weight is 289 g/mol. The first-order valence-electron chi connectivity index (χ1n) is 6.68. The molecule has 0 radical (unpaired) electrons. The first kappa shape index (κ1) is 15.2. The second-order valence-corrected chi connectivity index (χ2v) is 4.71. The van der Waals surface area contributed by atoms with Gasteiger partial charge in [-0.15, -0.1) is 0 Å². The summed E-state index contributed by atoms with van der Waals surface area (Å²) in [5, 5.41) is 13.6. The van der Waals surface area contributed by atoms with E-state index in [2.05, 4.69) is 26.0 Å². The summed E-state index contributed by atoms with van der Waals surface area (Å²) in [6, 6.07) is 2.14. The molecular formula is C13H19N7O. The Hall–Kier alpha value is -2.24. The van der Waals surface area contributed by atoms with E-state index in [0.717, 1.165) is 5.39 Å². The summed E-state index contributed by atoms with van der Waals surface area (Å²) >= 11 is 0. The van der Waals surface area contributed by atoms with Gasteiger partial charge in [-0.05, 0) is 0 Å². The highest BCUT2D eigenvalue weighted by Crippen LogP contribution is 2.17. The van der Waals surface area contributed by atoms with Crippen molar-refractivity contribution in [2.24, 2.45) is 7.05 Å². The maximum absolute atomic E-state index is 8.73. The molecule has 2 aromatic heterocycles. The molecule has 2 N–H and O–H groups in total. The highest BCUT2D eigenvalue weighted by atomic mass is 16.5. The normalized spacial score (nSPS) is 11.1. The summed E-state index contributed by atoms with van der Waals surface area (Å²) in [6.45, 7) is 2.47.